The van der Waals surface area contributed by atoms with Gasteiger partial charge in [-0.2, -0.15) is 0 Å². The molecule has 2 aliphatic rings. The van der Waals surface area contributed by atoms with Crippen molar-refractivity contribution >= 4 is 11.9 Å². The molecule has 2 N–H and O–H groups in total. The fourth-order valence-corrected chi connectivity index (χ4v) is 4.63. The number of rotatable bonds is 4. The lowest BCUT2D eigenvalue weighted by atomic mass is 9.84. The lowest BCUT2D eigenvalue weighted by Crippen LogP contribution is -2.45. The van der Waals surface area contributed by atoms with E-state index < -0.39 is 0 Å². The van der Waals surface area contributed by atoms with Crippen LogP contribution in [0.25, 0.3) is 0 Å². The van der Waals surface area contributed by atoms with Crippen molar-refractivity contribution in [2.75, 3.05) is 12.3 Å². The van der Waals surface area contributed by atoms with Crippen LogP contribution in [0.15, 0.2) is 65.5 Å². The Hall–Kier alpha value is -3.41. The van der Waals surface area contributed by atoms with E-state index in [4.69, 9.17) is 5.73 Å². The fourth-order valence-electron chi connectivity index (χ4n) is 4.63. The predicted molar refractivity (Wildman–Crippen MR) is 119 cm³/mol. The molecule has 2 aromatic carbocycles. The van der Waals surface area contributed by atoms with Gasteiger partial charge in [0.25, 0.3) is 5.56 Å². The highest BCUT2D eigenvalue weighted by Gasteiger charge is 2.33. The Morgan fingerprint density at radius 2 is 1.61 bits per heavy atom. The first-order chi connectivity index (χ1) is 15.1. The minimum absolute atomic E-state index is 0.115. The molecule has 1 amide bonds. The average molecular weight is 415 g/mol. The largest absolute Gasteiger partial charge is 0.369 e. The molecule has 1 aliphatic carbocycles. The zero-order valence-corrected chi connectivity index (χ0v) is 17.4. The number of benzene rings is 2. The first kappa shape index (κ1) is 19.5. The van der Waals surface area contributed by atoms with Crippen molar-refractivity contribution in [1.29, 1.82) is 0 Å². The maximum atomic E-state index is 13.6. The third-order valence-electron chi connectivity index (χ3n) is 6.55. The number of carbonyl (C=O) groups excluding carboxylic acids is 1. The summed E-state index contributed by atoms with van der Waals surface area (Å²) in [7, 11) is 0. The van der Waals surface area contributed by atoms with Crippen molar-refractivity contribution in [3.8, 4) is 0 Å². The summed E-state index contributed by atoms with van der Waals surface area (Å²) in [4.78, 5) is 32.8. The molecule has 6 heteroatoms. The van der Waals surface area contributed by atoms with Gasteiger partial charge in [0, 0.05) is 18.0 Å². The molecule has 1 aliphatic heterocycles. The van der Waals surface area contributed by atoms with Gasteiger partial charge in [0.05, 0.1) is 18.3 Å². The Balaban J connectivity index is 1.57. The van der Waals surface area contributed by atoms with Gasteiger partial charge in [0.1, 0.15) is 0 Å². The molecule has 1 aromatic heterocycles. The second-order valence-corrected chi connectivity index (χ2v) is 8.43. The van der Waals surface area contributed by atoms with Crippen LogP contribution in [0, 0.1) is 5.92 Å². The Labute approximate surface area is 181 Å². The molecule has 3 aromatic rings. The number of nitrogens with zero attached hydrogens (tertiary/aromatic N) is 3. The summed E-state index contributed by atoms with van der Waals surface area (Å²) >= 11 is 0. The molecule has 0 atom stereocenters. The first-order valence-electron chi connectivity index (χ1n) is 10.9. The van der Waals surface area contributed by atoms with E-state index in [1.807, 2.05) is 65.6 Å². The number of aromatic nitrogens is 2. The van der Waals surface area contributed by atoms with Crippen molar-refractivity contribution < 1.29 is 4.79 Å². The van der Waals surface area contributed by atoms with Crippen LogP contribution in [-0.2, 0) is 17.8 Å². The molecule has 0 bridgehead atoms. The molecule has 0 radical (unpaired) electrons. The number of anilines is 1. The maximum Gasteiger partial charge on any atom is 0.259 e. The molecule has 31 heavy (non-hydrogen) atoms. The molecule has 2 heterocycles. The van der Waals surface area contributed by atoms with Crippen LogP contribution in [0.3, 0.4) is 0 Å². The van der Waals surface area contributed by atoms with Gasteiger partial charge in [-0.05, 0) is 30.4 Å². The molecule has 1 saturated carbocycles. The van der Waals surface area contributed by atoms with E-state index in [0.29, 0.717) is 30.8 Å². The Bertz CT molecular complexity index is 1110. The van der Waals surface area contributed by atoms with Crippen molar-refractivity contribution in [1.82, 2.24) is 14.5 Å². The van der Waals surface area contributed by atoms with Crippen molar-refractivity contribution in [3.63, 3.8) is 0 Å². The highest BCUT2D eigenvalue weighted by Crippen LogP contribution is 2.31. The van der Waals surface area contributed by atoms with E-state index in [0.717, 1.165) is 30.4 Å². The van der Waals surface area contributed by atoms with Crippen LogP contribution in [0.2, 0.25) is 0 Å². The monoisotopic (exact) mass is 414 g/mol. The SMILES string of the molecule is Nc1nc2c(c(=O)n1C(c1ccccc1)c1ccccc1)CCN(C(=O)C1CCC1)C2. The summed E-state index contributed by atoms with van der Waals surface area (Å²) in [5.74, 6) is 0.507. The maximum absolute atomic E-state index is 13.6. The fraction of sp³-hybridized carbons (Fsp3) is 0.320. The molecule has 5 rings (SSSR count). The lowest BCUT2D eigenvalue weighted by molar-refractivity contribution is -0.139. The van der Waals surface area contributed by atoms with Crippen LogP contribution in [0.4, 0.5) is 5.95 Å². The van der Waals surface area contributed by atoms with Crippen molar-refractivity contribution in [2.24, 2.45) is 5.92 Å². The highest BCUT2D eigenvalue weighted by molar-refractivity contribution is 5.79. The molecule has 1 fully saturated rings. The Kier molecular flexibility index (Phi) is 5.06. The predicted octanol–water partition coefficient (Wildman–Crippen LogP) is 3.15. The summed E-state index contributed by atoms with van der Waals surface area (Å²) in [5.41, 5.74) is 9.53. The third kappa shape index (κ3) is 3.52. The number of amides is 1. The summed E-state index contributed by atoms with van der Waals surface area (Å²) in [5, 5.41) is 0. The topological polar surface area (TPSA) is 81.2 Å². The van der Waals surface area contributed by atoms with Gasteiger partial charge in [0.15, 0.2) is 0 Å². The normalized spacial score (nSPS) is 16.1. The molecular formula is C25H26N4O2. The minimum Gasteiger partial charge on any atom is -0.369 e. The summed E-state index contributed by atoms with van der Waals surface area (Å²) in [6, 6.07) is 19.4. The number of hydrogen-bond acceptors (Lipinski definition) is 4. The van der Waals surface area contributed by atoms with Crippen molar-refractivity contribution in [2.45, 2.75) is 38.3 Å². The summed E-state index contributed by atoms with van der Waals surface area (Å²) in [6.45, 7) is 0.927. The highest BCUT2D eigenvalue weighted by atomic mass is 16.2. The second kappa shape index (κ2) is 8.02. The van der Waals surface area contributed by atoms with E-state index in [2.05, 4.69) is 4.98 Å². The van der Waals surface area contributed by atoms with Crippen LogP contribution in [0.5, 0.6) is 0 Å². The number of fused-ring (bicyclic) bond motifs is 1. The Morgan fingerprint density at radius 1 is 1.00 bits per heavy atom. The van der Waals surface area contributed by atoms with Gasteiger partial charge >= 0.3 is 0 Å². The van der Waals surface area contributed by atoms with Gasteiger partial charge < -0.3 is 10.6 Å². The standard InChI is InChI=1S/C25H26N4O2/c26-25-27-21-16-28(23(30)19-12-7-13-19)15-14-20(21)24(31)29(25)22(17-8-3-1-4-9-17)18-10-5-2-6-11-18/h1-6,8-11,19,22H,7,12-16H2,(H2,26,27). The quantitative estimate of drug-likeness (QED) is 0.711. The zero-order valence-electron chi connectivity index (χ0n) is 17.4. The van der Waals surface area contributed by atoms with Gasteiger partial charge in [0.2, 0.25) is 11.9 Å². The molecule has 6 nitrogen and oxygen atoms in total. The van der Waals surface area contributed by atoms with Gasteiger partial charge in [-0.25, -0.2) is 4.98 Å². The van der Waals surface area contributed by atoms with E-state index in [1.165, 1.54) is 0 Å². The lowest BCUT2D eigenvalue weighted by Gasteiger charge is -2.34. The molecule has 158 valence electrons. The van der Waals surface area contributed by atoms with Crippen LogP contribution >= 0.6 is 0 Å². The first-order valence-corrected chi connectivity index (χ1v) is 10.9. The van der Waals surface area contributed by atoms with Gasteiger partial charge in [-0.1, -0.05) is 67.1 Å². The number of nitrogens with two attached hydrogens (primary N) is 1. The molecular weight excluding hydrogens is 388 g/mol. The molecule has 0 unspecified atom stereocenters. The van der Waals surface area contributed by atoms with Crippen LogP contribution < -0.4 is 11.3 Å². The van der Waals surface area contributed by atoms with E-state index in [-0.39, 0.29) is 29.4 Å². The summed E-state index contributed by atoms with van der Waals surface area (Å²) < 4.78 is 1.60. The zero-order chi connectivity index (χ0) is 21.4. The van der Waals surface area contributed by atoms with Gasteiger partial charge in [-0.3, -0.25) is 14.2 Å². The smallest absolute Gasteiger partial charge is 0.259 e. The van der Waals surface area contributed by atoms with Crippen LogP contribution in [-0.4, -0.2) is 26.9 Å². The van der Waals surface area contributed by atoms with E-state index in [9.17, 15) is 9.59 Å². The number of nitrogen functional groups attached to an aromatic ring is 1. The summed E-state index contributed by atoms with van der Waals surface area (Å²) in [6.07, 6.45) is 3.57. The molecule has 0 spiro atoms. The third-order valence-corrected chi connectivity index (χ3v) is 6.55. The van der Waals surface area contributed by atoms with Gasteiger partial charge in [-0.15, -0.1) is 0 Å². The van der Waals surface area contributed by atoms with E-state index in [1.54, 1.807) is 4.57 Å². The average Bonchev–Trinajstić information content (AvgIpc) is 2.76. The number of carbonyl (C=O) groups is 1. The minimum atomic E-state index is -0.359. The molecule has 0 saturated heterocycles. The second-order valence-electron chi connectivity index (χ2n) is 8.43. The Morgan fingerprint density at radius 3 is 2.16 bits per heavy atom. The van der Waals surface area contributed by atoms with Crippen molar-refractivity contribution in [3.05, 3.63) is 93.4 Å². The van der Waals surface area contributed by atoms with E-state index >= 15 is 0 Å². The van der Waals surface area contributed by atoms with Crippen LogP contribution in [0.1, 0.15) is 47.7 Å². The number of hydrogen-bond donors (Lipinski definition) is 1.